The number of amides is 4. The number of morpholine rings is 1. The number of urea groups is 1. The highest BCUT2D eigenvalue weighted by Gasteiger charge is 2.33. The van der Waals surface area contributed by atoms with Crippen molar-refractivity contribution >= 4 is 17.8 Å². The van der Waals surface area contributed by atoms with Crippen molar-refractivity contribution in [3.8, 4) is 0 Å². The second kappa shape index (κ2) is 16.2. The molecule has 13 nitrogen and oxygen atoms in total. The molecule has 3 aromatic rings. The van der Waals surface area contributed by atoms with E-state index in [0.29, 0.717) is 50.2 Å². The number of aliphatic hydroxyl groups excluding tert-OH is 1. The van der Waals surface area contributed by atoms with Crippen molar-refractivity contribution in [2.45, 2.75) is 75.6 Å². The molecule has 1 aliphatic carbocycles. The van der Waals surface area contributed by atoms with E-state index < -0.39 is 36.0 Å². The van der Waals surface area contributed by atoms with E-state index in [1.807, 2.05) is 30.3 Å². The molecule has 2 unspecified atom stereocenters. The van der Waals surface area contributed by atoms with Crippen molar-refractivity contribution in [2.24, 2.45) is 5.92 Å². The maximum Gasteiger partial charge on any atom is 0.318 e. The van der Waals surface area contributed by atoms with Gasteiger partial charge in [-0.3, -0.25) is 9.59 Å². The first kappa shape index (κ1) is 32.2. The van der Waals surface area contributed by atoms with Crippen LogP contribution in [0.5, 0.6) is 0 Å². The van der Waals surface area contributed by atoms with Gasteiger partial charge in [0, 0.05) is 44.5 Å². The Morgan fingerprint density at radius 1 is 0.956 bits per heavy atom. The quantitative estimate of drug-likeness (QED) is 0.169. The molecule has 5 rings (SSSR count). The number of nitrogens with zero attached hydrogens (tertiary/aromatic N) is 3. The summed E-state index contributed by atoms with van der Waals surface area (Å²) >= 11 is 0. The molecule has 0 radical (unpaired) electrons. The molecule has 6 N–H and O–H groups in total. The average molecular weight is 621 g/mol. The third-order valence-electron chi connectivity index (χ3n) is 8.62. The van der Waals surface area contributed by atoms with Gasteiger partial charge in [-0.05, 0) is 17.9 Å². The largest absolute Gasteiger partial charge is 0.383 e. The molecule has 2 fully saturated rings. The summed E-state index contributed by atoms with van der Waals surface area (Å²) in [5.41, 5.74) is 1.45. The molecule has 1 saturated heterocycles. The molecule has 2 aliphatic rings. The monoisotopic (exact) mass is 620 g/mol. The molecule has 4 amide bonds. The summed E-state index contributed by atoms with van der Waals surface area (Å²) in [6.45, 7) is 1.72. The Balaban J connectivity index is 1.34. The van der Waals surface area contributed by atoms with Crippen LogP contribution in [0.25, 0.3) is 0 Å². The first-order chi connectivity index (χ1) is 22.0. The Hall–Kier alpha value is -4.23. The van der Waals surface area contributed by atoms with Crippen molar-refractivity contribution in [2.75, 3.05) is 26.3 Å². The van der Waals surface area contributed by atoms with Gasteiger partial charge in [0.2, 0.25) is 11.8 Å². The normalized spacial score (nSPS) is 18.4. The Kier molecular flexibility index (Phi) is 11.6. The summed E-state index contributed by atoms with van der Waals surface area (Å²) in [5.74, 6) is -0.210. The number of carbonyl (C=O) groups is 3. The summed E-state index contributed by atoms with van der Waals surface area (Å²) in [4.78, 5) is 57.0. The lowest BCUT2D eigenvalue weighted by Crippen LogP contribution is -2.58. The molecule has 13 heteroatoms. The Bertz CT molecular complexity index is 1320. The zero-order valence-corrected chi connectivity index (χ0v) is 25.5. The first-order valence-corrected chi connectivity index (χ1v) is 15.9. The molecule has 242 valence electrons. The maximum atomic E-state index is 14.0. The Morgan fingerprint density at radius 3 is 2.38 bits per heavy atom. The molecule has 3 heterocycles. The van der Waals surface area contributed by atoms with Crippen molar-refractivity contribution in [1.29, 1.82) is 0 Å². The van der Waals surface area contributed by atoms with Gasteiger partial charge in [-0.2, -0.15) is 0 Å². The second-order valence-electron chi connectivity index (χ2n) is 11.9. The highest BCUT2D eigenvalue weighted by Crippen LogP contribution is 2.30. The number of benzene rings is 1. The van der Waals surface area contributed by atoms with E-state index in [1.165, 1.54) is 12.7 Å². The highest BCUT2D eigenvalue weighted by molar-refractivity contribution is 5.92. The van der Waals surface area contributed by atoms with Crippen molar-refractivity contribution in [3.05, 3.63) is 72.3 Å². The zero-order valence-electron chi connectivity index (χ0n) is 25.5. The number of ether oxygens (including phenoxy) is 1. The number of H-pyrrole nitrogens is 2. The van der Waals surface area contributed by atoms with Crippen LogP contribution in [0.2, 0.25) is 0 Å². The summed E-state index contributed by atoms with van der Waals surface area (Å²) in [5, 5.41) is 20.1. The van der Waals surface area contributed by atoms with Gasteiger partial charge < -0.3 is 40.7 Å². The van der Waals surface area contributed by atoms with Gasteiger partial charge in [0.05, 0.1) is 31.3 Å². The van der Waals surface area contributed by atoms with E-state index in [1.54, 1.807) is 23.5 Å². The molecule has 1 aromatic carbocycles. The zero-order chi connectivity index (χ0) is 31.4. The molecular weight excluding hydrogens is 576 g/mol. The molecule has 2 aromatic heterocycles. The van der Waals surface area contributed by atoms with Crippen molar-refractivity contribution in [1.82, 2.24) is 40.8 Å². The van der Waals surface area contributed by atoms with Crippen LogP contribution in [0.15, 0.2) is 55.2 Å². The van der Waals surface area contributed by atoms with Crippen LogP contribution in [0.4, 0.5) is 4.79 Å². The summed E-state index contributed by atoms with van der Waals surface area (Å²) in [7, 11) is 0. The molecule has 0 bridgehead atoms. The van der Waals surface area contributed by atoms with Crippen LogP contribution >= 0.6 is 0 Å². The third kappa shape index (κ3) is 9.38. The van der Waals surface area contributed by atoms with Gasteiger partial charge in [0.1, 0.15) is 24.0 Å². The minimum absolute atomic E-state index is 0.115. The number of aliphatic hydroxyl groups is 1. The standard InChI is InChI=1S/C32H44N8O5/c41-28(29-34-11-12-35-29)25(17-22-7-3-1-4-8-22)37-31(43)27(19-24-20-33-21-36-24)38-30(42)26(18-23-9-5-2-6-10-23)39-32(44)40-13-15-45-16-14-40/h2,5-6,9-12,20-22,25-28,41H,1,3-4,7-8,13-19H2,(H,33,36)(H,34,35)(H,37,43)(H,38,42)(H,39,44)/t25?,26-,27-,28?/m0/s1. The van der Waals surface area contributed by atoms with E-state index in [2.05, 4.69) is 35.9 Å². The van der Waals surface area contributed by atoms with E-state index in [0.717, 1.165) is 31.2 Å². The maximum absolute atomic E-state index is 14.0. The molecule has 1 saturated carbocycles. The number of carbonyl (C=O) groups excluding carboxylic acids is 3. The minimum atomic E-state index is -1.05. The van der Waals surface area contributed by atoms with Crippen LogP contribution in [-0.2, 0) is 27.2 Å². The summed E-state index contributed by atoms with van der Waals surface area (Å²) in [6.07, 6.45) is 11.8. The molecule has 45 heavy (non-hydrogen) atoms. The SMILES string of the molecule is O=C(NC(CC1CCCCC1)C(O)c1ncc[nH]1)[C@H](Cc1c[nH]cn1)NC(=O)[C@H](Cc1ccccc1)NC(=O)N1CCOCC1. The first-order valence-electron chi connectivity index (χ1n) is 15.9. The van der Waals surface area contributed by atoms with Gasteiger partial charge in [0.15, 0.2) is 0 Å². The van der Waals surface area contributed by atoms with Gasteiger partial charge in [-0.15, -0.1) is 0 Å². The van der Waals surface area contributed by atoms with Crippen LogP contribution in [0.1, 0.15) is 61.7 Å². The Labute approximate surface area is 262 Å². The lowest BCUT2D eigenvalue weighted by Gasteiger charge is -2.31. The topological polar surface area (TPSA) is 177 Å². The molecule has 1 aliphatic heterocycles. The van der Waals surface area contributed by atoms with Crippen molar-refractivity contribution < 1.29 is 24.2 Å². The van der Waals surface area contributed by atoms with E-state index in [-0.39, 0.29) is 18.9 Å². The van der Waals surface area contributed by atoms with Crippen LogP contribution in [0, 0.1) is 5.92 Å². The van der Waals surface area contributed by atoms with Crippen LogP contribution < -0.4 is 16.0 Å². The van der Waals surface area contributed by atoms with Crippen LogP contribution in [-0.4, -0.2) is 92.2 Å². The number of nitrogens with one attached hydrogen (secondary N) is 5. The summed E-state index contributed by atoms with van der Waals surface area (Å²) in [6, 6.07) is 6.47. The summed E-state index contributed by atoms with van der Waals surface area (Å²) < 4.78 is 5.37. The minimum Gasteiger partial charge on any atom is -0.383 e. The number of rotatable bonds is 13. The van der Waals surface area contributed by atoms with Gasteiger partial charge in [0.25, 0.3) is 0 Å². The smallest absolute Gasteiger partial charge is 0.318 e. The van der Waals surface area contributed by atoms with Gasteiger partial charge in [-0.25, -0.2) is 14.8 Å². The molecular formula is C32H44N8O5. The number of hydrogen-bond donors (Lipinski definition) is 6. The molecule has 4 atom stereocenters. The number of aromatic amines is 2. The fraction of sp³-hybridized carbons (Fsp3) is 0.531. The third-order valence-corrected chi connectivity index (χ3v) is 8.62. The van der Waals surface area contributed by atoms with Crippen molar-refractivity contribution in [3.63, 3.8) is 0 Å². The van der Waals surface area contributed by atoms with E-state index >= 15 is 0 Å². The van der Waals surface area contributed by atoms with Gasteiger partial charge in [-0.1, -0.05) is 62.4 Å². The number of hydrogen-bond acceptors (Lipinski definition) is 7. The highest BCUT2D eigenvalue weighted by atomic mass is 16.5. The fourth-order valence-corrected chi connectivity index (χ4v) is 6.12. The number of aromatic nitrogens is 4. The van der Waals surface area contributed by atoms with Crippen LogP contribution in [0.3, 0.4) is 0 Å². The average Bonchev–Trinajstić information content (AvgIpc) is 3.80. The second-order valence-corrected chi connectivity index (χ2v) is 11.9. The predicted molar refractivity (Wildman–Crippen MR) is 166 cm³/mol. The predicted octanol–water partition coefficient (Wildman–Crippen LogP) is 2.00. The van der Waals surface area contributed by atoms with Gasteiger partial charge >= 0.3 is 6.03 Å². The number of imidazole rings is 2. The molecule has 0 spiro atoms. The lowest BCUT2D eigenvalue weighted by atomic mass is 9.83. The lowest BCUT2D eigenvalue weighted by molar-refractivity contribution is -0.131. The van der Waals surface area contributed by atoms with E-state index in [9.17, 15) is 19.5 Å². The Morgan fingerprint density at radius 2 is 1.69 bits per heavy atom. The fourth-order valence-electron chi connectivity index (χ4n) is 6.12. The van der Waals surface area contributed by atoms with E-state index in [4.69, 9.17) is 4.74 Å².